The van der Waals surface area contributed by atoms with Gasteiger partial charge in [-0.1, -0.05) is 30.3 Å². The van der Waals surface area contributed by atoms with Crippen LogP contribution in [0, 0.1) is 0 Å². The lowest BCUT2D eigenvalue weighted by atomic mass is 10.2. The number of para-hydroxylation sites is 4. The molecule has 0 aromatic heterocycles. The van der Waals surface area contributed by atoms with Crippen molar-refractivity contribution in [3.05, 3.63) is 66.7 Å². The highest BCUT2D eigenvalue weighted by atomic mass is 31.2. The zero-order valence-electron chi connectivity index (χ0n) is 16.2. The first-order valence-electron chi connectivity index (χ1n) is 9.85. The minimum absolute atomic E-state index is 0.382. The molecule has 7 rings (SSSR count). The lowest BCUT2D eigenvalue weighted by Gasteiger charge is -2.36. The predicted octanol–water partition coefficient (Wildman–Crippen LogP) is 4.73. The van der Waals surface area contributed by atoms with Gasteiger partial charge in [-0.2, -0.15) is 0 Å². The van der Waals surface area contributed by atoms with Crippen molar-refractivity contribution in [2.45, 2.75) is 11.8 Å². The Bertz CT molecular complexity index is 1090. The Balaban J connectivity index is 1.55. The predicted molar refractivity (Wildman–Crippen MR) is 120 cm³/mol. The third-order valence-electron chi connectivity index (χ3n) is 7.15. The zero-order valence-corrected chi connectivity index (χ0v) is 17.1. The Labute approximate surface area is 165 Å². The highest BCUT2D eigenvalue weighted by molar-refractivity contribution is 7.85. The molecule has 3 aromatic rings. The van der Waals surface area contributed by atoms with Crippen LogP contribution in [0.2, 0.25) is 0 Å². The molecule has 2 unspecified atom stereocenters. The van der Waals surface area contributed by atoms with E-state index in [0.29, 0.717) is 11.8 Å². The van der Waals surface area contributed by atoms with Crippen LogP contribution in [0.4, 0.5) is 34.1 Å². The molecule has 0 aliphatic carbocycles. The largest absolute Gasteiger partial charge is 0.320 e. The Morgan fingerprint density at radius 2 is 0.964 bits per heavy atom. The van der Waals surface area contributed by atoms with Crippen molar-refractivity contribution in [1.29, 1.82) is 0 Å². The summed E-state index contributed by atoms with van der Waals surface area (Å²) in [5, 5.41) is 1.60. The van der Waals surface area contributed by atoms with Crippen LogP contribution in [0.5, 0.6) is 0 Å². The van der Waals surface area contributed by atoms with Gasteiger partial charge in [0.2, 0.25) is 11.8 Å². The van der Waals surface area contributed by atoms with Gasteiger partial charge in [-0.15, -0.1) is 0 Å². The summed E-state index contributed by atoms with van der Waals surface area (Å²) in [5.41, 5.74) is 8.22. The maximum atomic E-state index is 2.62. The molecular weight excluding hydrogens is 363 g/mol. The Morgan fingerprint density at radius 3 is 1.43 bits per heavy atom. The second kappa shape index (κ2) is 4.64. The molecule has 138 valence electrons. The SMILES string of the molecule is CN1c2ccccc2N2c3cccc4c3[P+](C)(C12)C1N(C)c2ccccc2N41. The first-order valence-corrected chi connectivity index (χ1v) is 12.2. The number of hydrogen-bond donors (Lipinski definition) is 0. The highest BCUT2D eigenvalue weighted by Gasteiger charge is 2.73. The second-order valence-corrected chi connectivity index (χ2v) is 12.1. The average Bonchev–Trinajstić information content (AvgIpc) is 3.37. The van der Waals surface area contributed by atoms with Crippen LogP contribution in [-0.2, 0) is 0 Å². The number of benzene rings is 3. The summed E-state index contributed by atoms with van der Waals surface area (Å²) in [5.74, 6) is 0.764. The van der Waals surface area contributed by atoms with E-state index in [-0.39, 0.29) is 0 Å². The van der Waals surface area contributed by atoms with E-state index in [4.69, 9.17) is 0 Å². The van der Waals surface area contributed by atoms with Gasteiger partial charge in [0, 0.05) is 14.1 Å². The summed E-state index contributed by atoms with van der Waals surface area (Å²) < 4.78 is 0. The van der Waals surface area contributed by atoms with E-state index in [1.54, 1.807) is 5.30 Å². The van der Waals surface area contributed by atoms with E-state index in [0.717, 1.165) is 0 Å². The monoisotopic (exact) mass is 385 g/mol. The average molecular weight is 385 g/mol. The lowest BCUT2D eigenvalue weighted by molar-refractivity contribution is 0.825. The van der Waals surface area contributed by atoms with Crippen LogP contribution in [0.25, 0.3) is 0 Å². The van der Waals surface area contributed by atoms with Gasteiger partial charge >= 0.3 is 0 Å². The second-order valence-electron chi connectivity index (χ2n) is 8.42. The van der Waals surface area contributed by atoms with Gasteiger partial charge in [0.1, 0.15) is 12.6 Å². The molecular formula is C23H22N4P+. The molecule has 28 heavy (non-hydrogen) atoms. The van der Waals surface area contributed by atoms with E-state index in [1.807, 2.05) is 0 Å². The van der Waals surface area contributed by atoms with Crippen molar-refractivity contribution in [3.8, 4) is 0 Å². The van der Waals surface area contributed by atoms with E-state index in [2.05, 4.69) is 107 Å². The minimum Gasteiger partial charge on any atom is -0.320 e. The third kappa shape index (κ3) is 1.39. The quantitative estimate of drug-likeness (QED) is 0.519. The van der Waals surface area contributed by atoms with E-state index in [1.165, 1.54) is 34.1 Å². The van der Waals surface area contributed by atoms with Crippen LogP contribution in [0.1, 0.15) is 0 Å². The normalized spacial score (nSPS) is 27.7. The van der Waals surface area contributed by atoms with E-state index < -0.39 is 7.26 Å². The fraction of sp³-hybridized carbons (Fsp3) is 0.217. The number of rotatable bonds is 0. The van der Waals surface area contributed by atoms with Gasteiger partial charge in [-0.05, 0) is 36.4 Å². The molecule has 4 heterocycles. The molecule has 0 fully saturated rings. The minimum atomic E-state index is -1.58. The maximum Gasteiger partial charge on any atom is 0.229 e. The molecule has 0 amide bonds. The molecule has 0 saturated heterocycles. The smallest absolute Gasteiger partial charge is 0.229 e. The van der Waals surface area contributed by atoms with Crippen molar-refractivity contribution in [1.82, 2.24) is 0 Å². The van der Waals surface area contributed by atoms with Gasteiger partial charge in [-0.25, -0.2) is 0 Å². The lowest BCUT2D eigenvalue weighted by Crippen LogP contribution is -2.46. The molecule has 0 N–H and O–H groups in total. The van der Waals surface area contributed by atoms with Crippen LogP contribution in [-0.4, -0.2) is 32.6 Å². The Hall–Kier alpha value is -2.71. The topological polar surface area (TPSA) is 13.0 Å². The van der Waals surface area contributed by atoms with E-state index >= 15 is 0 Å². The van der Waals surface area contributed by atoms with Crippen molar-refractivity contribution in [3.63, 3.8) is 0 Å². The summed E-state index contributed by atoms with van der Waals surface area (Å²) in [6.45, 7) is 2.58. The molecule has 4 nitrogen and oxygen atoms in total. The molecule has 5 heteroatoms. The van der Waals surface area contributed by atoms with Crippen LogP contribution in [0.3, 0.4) is 0 Å². The number of nitrogens with zero attached hydrogens (tertiary/aromatic N) is 4. The summed E-state index contributed by atoms with van der Waals surface area (Å²) in [7, 11) is 2.99. The molecule has 0 bridgehead atoms. The molecule has 4 aliphatic heterocycles. The molecule has 3 aromatic carbocycles. The van der Waals surface area contributed by atoms with Crippen molar-refractivity contribution >= 4 is 46.7 Å². The fourth-order valence-electron chi connectivity index (χ4n) is 6.24. The Morgan fingerprint density at radius 1 is 0.571 bits per heavy atom. The van der Waals surface area contributed by atoms with Crippen LogP contribution in [0.15, 0.2) is 66.7 Å². The van der Waals surface area contributed by atoms with Gasteiger partial charge in [0.15, 0.2) is 0 Å². The summed E-state index contributed by atoms with van der Waals surface area (Å²) in [6, 6.07) is 24.7. The maximum absolute atomic E-state index is 2.62. The van der Waals surface area contributed by atoms with Crippen LogP contribution < -0.4 is 24.9 Å². The van der Waals surface area contributed by atoms with Crippen LogP contribution >= 0.6 is 7.26 Å². The van der Waals surface area contributed by atoms with Gasteiger partial charge in [0.25, 0.3) is 0 Å². The highest BCUT2D eigenvalue weighted by Crippen LogP contribution is 2.80. The summed E-state index contributed by atoms with van der Waals surface area (Å²) >= 11 is 0. The first-order chi connectivity index (χ1) is 13.6. The van der Waals surface area contributed by atoms with Crippen molar-refractivity contribution < 1.29 is 0 Å². The van der Waals surface area contributed by atoms with E-state index in [9.17, 15) is 0 Å². The number of fused-ring (bicyclic) bond motifs is 10. The van der Waals surface area contributed by atoms with Gasteiger partial charge in [-0.3, -0.25) is 9.80 Å². The third-order valence-corrected chi connectivity index (χ3v) is 11.6. The van der Waals surface area contributed by atoms with Gasteiger partial charge < -0.3 is 9.80 Å². The summed E-state index contributed by atoms with van der Waals surface area (Å²) in [6.07, 6.45) is 0. The molecule has 0 saturated carbocycles. The van der Waals surface area contributed by atoms with Gasteiger partial charge in [0.05, 0.1) is 40.8 Å². The van der Waals surface area contributed by atoms with Crippen molar-refractivity contribution in [2.24, 2.45) is 0 Å². The first kappa shape index (κ1) is 15.2. The Kier molecular flexibility index (Phi) is 2.53. The number of hydrogen-bond acceptors (Lipinski definition) is 4. The molecule has 0 spiro atoms. The fourth-order valence-corrected chi connectivity index (χ4v) is 11.4. The zero-order chi connectivity index (χ0) is 18.8. The molecule has 4 aliphatic rings. The molecule has 0 radical (unpaired) electrons. The van der Waals surface area contributed by atoms with Crippen molar-refractivity contribution in [2.75, 3.05) is 40.4 Å². The molecule has 2 atom stereocenters. The standard InChI is InChI=1S/C23H22N4P/c1-24-15-9-4-6-11-17(15)26-19-13-8-14-20-21(19)28(3,22(24)26)23-25(2)16-10-5-7-12-18(16)27(20)23/h4-14,22-23H,1-3H3/q+1. The number of anilines is 6. The summed E-state index contributed by atoms with van der Waals surface area (Å²) in [4.78, 5) is 10.3.